The van der Waals surface area contributed by atoms with E-state index in [0.717, 1.165) is 23.8 Å². The van der Waals surface area contributed by atoms with E-state index in [1.54, 1.807) is 11.3 Å². The molecule has 0 saturated heterocycles. The molecule has 0 aliphatic rings. The molecule has 98 valence electrons. The Morgan fingerprint density at radius 1 is 1.39 bits per heavy atom. The summed E-state index contributed by atoms with van der Waals surface area (Å²) in [6, 6.07) is 2.16. The largest absolute Gasteiger partial charge is 0.348 e. The lowest BCUT2D eigenvalue weighted by Gasteiger charge is -2.19. The van der Waals surface area contributed by atoms with Crippen LogP contribution in [0.2, 0.25) is 0 Å². The smallest absolute Gasteiger partial charge is 0.0898 e. The fraction of sp³-hybridized carbons (Fsp3) is 0.500. The van der Waals surface area contributed by atoms with Gasteiger partial charge in [-0.15, -0.1) is 11.3 Å². The van der Waals surface area contributed by atoms with Gasteiger partial charge in [-0.25, -0.2) is 4.98 Å². The second kappa shape index (κ2) is 5.24. The van der Waals surface area contributed by atoms with Crippen molar-refractivity contribution in [2.45, 2.75) is 46.3 Å². The molecule has 1 N–H and O–H groups in total. The molecule has 2 heterocycles. The highest BCUT2D eigenvalue weighted by Crippen LogP contribution is 2.11. The normalized spacial score (nSPS) is 12.0. The Balaban J connectivity index is 1.94. The zero-order valence-corrected chi connectivity index (χ0v) is 12.3. The number of hydrogen-bond donors (Lipinski definition) is 1. The Labute approximate surface area is 113 Å². The quantitative estimate of drug-likeness (QED) is 0.918. The predicted octanol–water partition coefficient (Wildman–Crippen LogP) is 3.19. The van der Waals surface area contributed by atoms with E-state index < -0.39 is 0 Å². The van der Waals surface area contributed by atoms with Crippen molar-refractivity contribution >= 4 is 11.3 Å². The number of nitrogens with one attached hydrogen (secondary N) is 1. The molecule has 0 saturated carbocycles. The Morgan fingerprint density at radius 3 is 2.78 bits per heavy atom. The van der Waals surface area contributed by atoms with Gasteiger partial charge in [0.1, 0.15) is 0 Å². The summed E-state index contributed by atoms with van der Waals surface area (Å²) in [4.78, 5) is 4.48. The number of aryl methyl sites for hydroxylation is 1. The minimum Gasteiger partial charge on any atom is -0.348 e. The van der Waals surface area contributed by atoms with E-state index in [2.05, 4.69) is 59.5 Å². The second-order valence-corrected chi connectivity index (χ2v) is 6.72. The average Bonchev–Trinajstić information content (AvgIpc) is 2.85. The summed E-state index contributed by atoms with van der Waals surface area (Å²) >= 11 is 1.71. The maximum absolute atomic E-state index is 4.48. The van der Waals surface area contributed by atoms with Crippen molar-refractivity contribution in [3.05, 3.63) is 40.1 Å². The maximum Gasteiger partial charge on any atom is 0.0898 e. The zero-order chi connectivity index (χ0) is 13.2. The minimum atomic E-state index is 0.161. The Morgan fingerprint density at radius 2 is 2.17 bits per heavy atom. The van der Waals surface area contributed by atoms with E-state index in [-0.39, 0.29) is 5.54 Å². The van der Waals surface area contributed by atoms with Crippen LogP contribution in [0.5, 0.6) is 0 Å². The minimum absolute atomic E-state index is 0.161. The molecule has 18 heavy (non-hydrogen) atoms. The first-order valence-electron chi connectivity index (χ1n) is 6.23. The summed E-state index contributed by atoms with van der Waals surface area (Å²) in [6.07, 6.45) is 4.31. The number of rotatable bonds is 4. The summed E-state index contributed by atoms with van der Waals surface area (Å²) in [6.45, 7) is 10.4. The van der Waals surface area contributed by atoms with Crippen LogP contribution in [0.3, 0.4) is 0 Å². The molecule has 0 amide bonds. The fourth-order valence-corrected chi connectivity index (χ4v) is 2.33. The van der Waals surface area contributed by atoms with E-state index in [0.29, 0.717) is 0 Å². The van der Waals surface area contributed by atoms with Crippen LogP contribution in [-0.4, -0.2) is 15.1 Å². The molecule has 2 aromatic rings. The van der Waals surface area contributed by atoms with Gasteiger partial charge in [0.25, 0.3) is 0 Å². The standard InChI is InChI=1S/C14H21N3S/c1-11-16-13(10-18-11)9-17-6-5-12(8-17)7-15-14(2,3)4/h5-6,8,10,15H,7,9H2,1-4H3. The third-order valence-corrected chi connectivity index (χ3v) is 3.47. The van der Waals surface area contributed by atoms with E-state index in [9.17, 15) is 0 Å². The van der Waals surface area contributed by atoms with Crippen LogP contribution in [0.4, 0.5) is 0 Å². The van der Waals surface area contributed by atoms with Gasteiger partial charge in [-0.3, -0.25) is 0 Å². The number of nitrogens with zero attached hydrogens (tertiary/aromatic N) is 2. The van der Waals surface area contributed by atoms with Crippen molar-refractivity contribution in [1.29, 1.82) is 0 Å². The molecule has 0 bridgehead atoms. The lowest BCUT2D eigenvalue weighted by molar-refractivity contribution is 0.424. The molecule has 0 aromatic carbocycles. The first kappa shape index (κ1) is 13.3. The van der Waals surface area contributed by atoms with Crippen LogP contribution in [0.15, 0.2) is 23.8 Å². The molecular weight excluding hydrogens is 242 g/mol. The third kappa shape index (κ3) is 3.96. The van der Waals surface area contributed by atoms with Crippen LogP contribution < -0.4 is 5.32 Å². The molecule has 2 rings (SSSR count). The van der Waals surface area contributed by atoms with Crippen molar-refractivity contribution < 1.29 is 0 Å². The van der Waals surface area contributed by atoms with E-state index >= 15 is 0 Å². The van der Waals surface area contributed by atoms with Crippen LogP contribution in [0, 0.1) is 6.92 Å². The number of thiazole rings is 1. The number of aromatic nitrogens is 2. The highest BCUT2D eigenvalue weighted by molar-refractivity contribution is 7.09. The van der Waals surface area contributed by atoms with Gasteiger partial charge >= 0.3 is 0 Å². The lowest BCUT2D eigenvalue weighted by Crippen LogP contribution is -2.34. The lowest BCUT2D eigenvalue weighted by atomic mass is 10.1. The van der Waals surface area contributed by atoms with Gasteiger partial charge in [-0.2, -0.15) is 0 Å². The molecule has 0 aliphatic heterocycles. The highest BCUT2D eigenvalue weighted by Gasteiger charge is 2.09. The summed E-state index contributed by atoms with van der Waals surface area (Å²) in [5, 5.41) is 6.75. The summed E-state index contributed by atoms with van der Waals surface area (Å²) < 4.78 is 2.19. The van der Waals surface area contributed by atoms with Gasteiger partial charge in [-0.05, 0) is 39.3 Å². The highest BCUT2D eigenvalue weighted by atomic mass is 32.1. The van der Waals surface area contributed by atoms with Crippen LogP contribution >= 0.6 is 11.3 Å². The Bertz CT molecular complexity index is 505. The van der Waals surface area contributed by atoms with Gasteiger partial charge < -0.3 is 9.88 Å². The predicted molar refractivity (Wildman–Crippen MR) is 77.0 cm³/mol. The first-order valence-corrected chi connectivity index (χ1v) is 7.11. The average molecular weight is 263 g/mol. The van der Waals surface area contributed by atoms with E-state index in [4.69, 9.17) is 0 Å². The van der Waals surface area contributed by atoms with Crippen LogP contribution in [0.1, 0.15) is 37.0 Å². The third-order valence-electron chi connectivity index (χ3n) is 2.65. The van der Waals surface area contributed by atoms with Gasteiger partial charge in [0.15, 0.2) is 0 Å². The van der Waals surface area contributed by atoms with Crippen molar-refractivity contribution in [1.82, 2.24) is 14.9 Å². The van der Waals surface area contributed by atoms with Gasteiger partial charge in [0.05, 0.1) is 17.2 Å². The molecule has 0 atom stereocenters. The molecule has 2 aromatic heterocycles. The molecular formula is C14H21N3S. The van der Waals surface area contributed by atoms with Crippen LogP contribution in [0.25, 0.3) is 0 Å². The van der Waals surface area contributed by atoms with Crippen LogP contribution in [-0.2, 0) is 13.1 Å². The van der Waals surface area contributed by atoms with Crippen molar-refractivity contribution in [3.63, 3.8) is 0 Å². The van der Waals surface area contributed by atoms with Gasteiger partial charge in [0, 0.05) is 29.9 Å². The van der Waals surface area contributed by atoms with Gasteiger partial charge in [0.2, 0.25) is 0 Å². The second-order valence-electron chi connectivity index (χ2n) is 5.65. The van der Waals surface area contributed by atoms with Crippen molar-refractivity contribution in [2.75, 3.05) is 0 Å². The van der Waals surface area contributed by atoms with Gasteiger partial charge in [-0.1, -0.05) is 0 Å². The van der Waals surface area contributed by atoms with Crippen molar-refractivity contribution in [3.8, 4) is 0 Å². The topological polar surface area (TPSA) is 29.9 Å². The van der Waals surface area contributed by atoms with E-state index in [1.165, 1.54) is 5.56 Å². The monoisotopic (exact) mass is 263 g/mol. The molecule has 4 heteroatoms. The fourth-order valence-electron chi connectivity index (χ4n) is 1.73. The molecule has 0 spiro atoms. The summed E-state index contributed by atoms with van der Waals surface area (Å²) in [5.41, 5.74) is 2.62. The molecule has 0 aliphatic carbocycles. The molecule has 0 fully saturated rings. The first-order chi connectivity index (χ1) is 8.42. The van der Waals surface area contributed by atoms with Crippen molar-refractivity contribution in [2.24, 2.45) is 0 Å². The maximum atomic E-state index is 4.48. The molecule has 0 radical (unpaired) electrons. The number of hydrogen-bond acceptors (Lipinski definition) is 3. The Kier molecular flexibility index (Phi) is 3.88. The summed E-state index contributed by atoms with van der Waals surface area (Å²) in [5.74, 6) is 0. The molecule has 0 unspecified atom stereocenters. The SMILES string of the molecule is Cc1nc(Cn2ccc(CNC(C)(C)C)c2)cs1. The van der Waals surface area contributed by atoms with E-state index in [1.807, 2.05) is 6.92 Å². The molecule has 3 nitrogen and oxygen atoms in total. The zero-order valence-electron chi connectivity index (χ0n) is 11.5. The summed E-state index contributed by atoms with van der Waals surface area (Å²) in [7, 11) is 0. The Hall–Kier alpha value is -1.13.